The number of hydrogen-bond acceptors (Lipinski definition) is 7. The molecule has 2 heterocycles. The number of nitrogens with zero attached hydrogens (tertiary/aromatic N) is 1. The quantitative estimate of drug-likeness (QED) is 0.830. The Morgan fingerprint density at radius 3 is 2.48 bits per heavy atom. The molecule has 1 aliphatic rings. The van der Waals surface area contributed by atoms with Gasteiger partial charge in [-0.05, 0) is 30.5 Å². The second-order valence-corrected chi connectivity index (χ2v) is 7.85. The number of sulfonamides is 1. The molecule has 0 bridgehead atoms. The van der Waals surface area contributed by atoms with Crippen molar-refractivity contribution in [2.24, 2.45) is 5.92 Å². The number of ether oxygens (including phenoxy) is 2. The van der Waals surface area contributed by atoms with Crippen LogP contribution in [0.2, 0.25) is 0 Å². The van der Waals surface area contributed by atoms with Crippen LogP contribution in [0.15, 0.2) is 27.6 Å². The van der Waals surface area contributed by atoms with E-state index in [0.717, 1.165) is 5.56 Å². The predicted molar refractivity (Wildman–Crippen MR) is 91.0 cm³/mol. The molecule has 0 saturated heterocycles. The molecule has 136 valence electrons. The lowest BCUT2D eigenvalue weighted by molar-refractivity contribution is 0.171. The molecule has 8 nitrogen and oxygen atoms in total. The molecule has 0 amide bonds. The molecule has 1 unspecified atom stereocenters. The van der Waals surface area contributed by atoms with E-state index in [0.29, 0.717) is 24.7 Å². The standard InChI is InChI=1S/C16H21N3O5S/c1-9(2)14(11-4-5-12-13(8-11)23-7-6-22-12)19-25(20,21)15-10(3)24-18-16(15)17/h4-5,8-9,14,19H,6-7H2,1-3H3,(H2,17,18). The van der Waals surface area contributed by atoms with Crippen molar-refractivity contribution >= 4 is 15.8 Å². The number of benzene rings is 1. The van der Waals surface area contributed by atoms with Crippen molar-refractivity contribution in [3.05, 3.63) is 29.5 Å². The summed E-state index contributed by atoms with van der Waals surface area (Å²) in [6.45, 7) is 6.32. The lowest BCUT2D eigenvalue weighted by Gasteiger charge is -2.25. The van der Waals surface area contributed by atoms with Crippen LogP contribution in [0.5, 0.6) is 11.5 Å². The van der Waals surface area contributed by atoms with Gasteiger partial charge >= 0.3 is 0 Å². The molecule has 0 spiro atoms. The van der Waals surface area contributed by atoms with Gasteiger partial charge in [-0.2, -0.15) is 0 Å². The fraction of sp³-hybridized carbons (Fsp3) is 0.438. The van der Waals surface area contributed by atoms with Crippen molar-refractivity contribution < 1.29 is 22.4 Å². The monoisotopic (exact) mass is 367 g/mol. The Kier molecular flexibility index (Phi) is 4.61. The highest BCUT2D eigenvalue weighted by Crippen LogP contribution is 2.35. The Labute approximate surface area is 146 Å². The van der Waals surface area contributed by atoms with Crippen molar-refractivity contribution in [2.45, 2.75) is 31.7 Å². The number of aromatic nitrogens is 1. The van der Waals surface area contributed by atoms with Crippen LogP contribution >= 0.6 is 0 Å². The van der Waals surface area contributed by atoms with E-state index >= 15 is 0 Å². The zero-order valence-electron chi connectivity index (χ0n) is 14.3. The van der Waals surface area contributed by atoms with Gasteiger partial charge in [0.15, 0.2) is 28.0 Å². The Balaban J connectivity index is 1.95. The highest BCUT2D eigenvalue weighted by Gasteiger charge is 2.30. The van der Waals surface area contributed by atoms with E-state index in [2.05, 4.69) is 9.88 Å². The predicted octanol–water partition coefficient (Wildman–Crippen LogP) is 2.01. The average molecular weight is 367 g/mol. The van der Waals surface area contributed by atoms with Gasteiger partial charge in [-0.3, -0.25) is 0 Å². The van der Waals surface area contributed by atoms with Gasteiger partial charge in [0.2, 0.25) is 10.0 Å². The third kappa shape index (κ3) is 3.42. The van der Waals surface area contributed by atoms with Crippen LogP contribution in [0.3, 0.4) is 0 Å². The maximum absolute atomic E-state index is 12.8. The molecule has 25 heavy (non-hydrogen) atoms. The number of anilines is 1. The van der Waals surface area contributed by atoms with E-state index in [4.69, 9.17) is 19.7 Å². The average Bonchev–Trinajstić information content (AvgIpc) is 2.91. The number of nitrogens with two attached hydrogens (primary N) is 1. The van der Waals surface area contributed by atoms with Crippen LogP contribution in [0, 0.1) is 12.8 Å². The van der Waals surface area contributed by atoms with E-state index < -0.39 is 16.1 Å². The molecule has 0 fully saturated rings. The van der Waals surface area contributed by atoms with Gasteiger partial charge in [-0.15, -0.1) is 0 Å². The van der Waals surface area contributed by atoms with Crippen LogP contribution in [-0.4, -0.2) is 26.8 Å². The molecule has 0 aliphatic carbocycles. The molecule has 1 aliphatic heterocycles. The zero-order valence-corrected chi connectivity index (χ0v) is 15.1. The number of nitrogen functional groups attached to an aromatic ring is 1. The van der Waals surface area contributed by atoms with Crippen molar-refractivity contribution in [1.82, 2.24) is 9.88 Å². The summed E-state index contributed by atoms with van der Waals surface area (Å²) in [5.74, 6) is 1.23. The highest BCUT2D eigenvalue weighted by molar-refractivity contribution is 7.89. The molecule has 3 N–H and O–H groups in total. The summed E-state index contributed by atoms with van der Waals surface area (Å²) in [5.41, 5.74) is 6.42. The molecule has 0 saturated carbocycles. The van der Waals surface area contributed by atoms with Gasteiger partial charge in [0.1, 0.15) is 13.2 Å². The van der Waals surface area contributed by atoms with Crippen LogP contribution in [0.25, 0.3) is 0 Å². The van der Waals surface area contributed by atoms with E-state index in [-0.39, 0.29) is 22.4 Å². The summed E-state index contributed by atoms with van der Waals surface area (Å²) in [5, 5.41) is 3.51. The maximum atomic E-state index is 12.8. The second-order valence-electron chi connectivity index (χ2n) is 6.20. The highest BCUT2D eigenvalue weighted by atomic mass is 32.2. The first-order valence-electron chi connectivity index (χ1n) is 7.93. The molecule has 1 aromatic carbocycles. The zero-order chi connectivity index (χ0) is 18.2. The largest absolute Gasteiger partial charge is 0.486 e. The summed E-state index contributed by atoms with van der Waals surface area (Å²) < 4.78 is 44.2. The molecule has 3 rings (SSSR count). The lowest BCUT2D eigenvalue weighted by Crippen LogP contribution is -2.32. The number of nitrogens with one attached hydrogen (secondary N) is 1. The Morgan fingerprint density at radius 1 is 1.20 bits per heavy atom. The van der Waals surface area contributed by atoms with Crippen LogP contribution in [-0.2, 0) is 10.0 Å². The minimum absolute atomic E-state index is 0.0151. The van der Waals surface area contributed by atoms with E-state index in [1.807, 2.05) is 19.9 Å². The molecule has 9 heteroatoms. The summed E-state index contributed by atoms with van der Waals surface area (Å²) in [6, 6.07) is 4.93. The van der Waals surface area contributed by atoms with Gasteiger partial charge < -0.3 is 19.7 Å². The van der Waals surface area contributed by atoms with E-state index in [1.165, 1.54) is 6.92 Å². The minimum atomic E-state index is -3.90. The van der Waals surface area contributed by atoms with Gasteiger partial charge in [0, 0.05) is 6.04 Å². The molecule has 1 atom stereocenters. The third-order valence-electron chi connectivity index (χ3n) is 3.98. The minimum Gasteiger partial charge on any atom is -0.486 e. The van der Waals surface area contributed by atoms with E-state index in [1.54, 1.807) is 12.1 Å². The number of fused-ring (bicyclic) bond motifs is 1. The summed E-state index contributed by atoms with van der Waals surface area (Å²) in [7, 11) is -3.90. The van der Waals surface area contributed by atoms with Crippen molar-refractivity contribution in [1.29, 1.82) is 0 Å². The maximum Gasteiger partial charge on any atom is 0.248 e. The van der Waals surface area contributed by atoms with Crippen LogP contribution in [0.4, 0.5) is 5.82 Å². The SMILES string of the molecule is Cc1onc(N)c1S(=O)(=O)NC(c1ccc2c(c1)OCCO2)C(C)C. The molecular formula is C16H21N3O5S. The topological polar surface area (TPSA) is 117 Å². The van der Waals surface area contributed by atoms with Gasteiger partial charge in [0.05, 0.1) is 0 Å². The molecular weight excluding hydrogens is 346 g/mol. The Morgan fingerprint density at radius 2 is 1.88 bits per heavy atom. The summed E-state index contributed by atoms with van der Waals surface area (Å²) in [6.07, 6.45) is 0. The third-order valence-corrected chi connectivity index (χ3v) is 5.57. The van der Waals surface area contributed by atoms with Gasteiger partial charge in [-0.25, -0.2) is 13.1 Å². The van der Waals surface area contributed by atoms with Crippen molar-refractivity contribution in [2.75, 3.05) is 18.9 Å². The Hall–Kier alpha value is -2.26. The normalized spacial score (nSPS) is 15.4. The fourth-order valence-corrected chi connectivity index (χ4v) is 4.36. The van der Waals surface area contributed by atoms with Crippen molar-refractivity contribution in [3.63, 3.8) is 0 Å². The molecule has 1 aromatic heterocycles. The van der Waals surface area contributed by atoms with Gasteiger partial charge in [-0.1, -0.05) is 25.1 Å². The second kappa shape index (κ2) is 6.57. The van der Waals surface area contributed by atoms with Crippen LogP contribution in [0.1, 0.15) is 31.2 Å². The number of aryl methyl sites for hydroxylation is 1. The smallest absolute Gasteiger partial charge is 0.248 e. The molecule has 0 radical (unpaired) electrons. The molecule has 2 aromatic rings. The van der Waals surface area contributed by atoms with Crippen LogP contribution < -0.4 is 19.9 Å². The lowest BCUT2D eigenvalue weighted by atomic mass is 9.97. The van der Waals surface area contributed by atoms with Gasteiger partial charge in [0.25, 0.3) is 0 Å². The number of rotatable bonds is 5. The van der Waals surface area contributed by atoms with E-state index in [9.17, 15) is 8.42 Å². The fourth-order valence-electron chi connectivity index (χ4n) is 2.78. The number of hydrogen-bond donors (Lipinski definition) is 2. The first kappa shape index (κ1) is 17.6. The van der Waals surface area contributed by atoms with Crippen molar-refractivity contribution in [3.8, 4) is 11.5 Å². The summed E-state index contributed by atoms with van der Waals surface area (Å²) in [4.78, 5) is -0.129. The summed E-state index contributed by atoms with van der Waals surface area (Å²) >= 11 is 0. The first-order chi connectivity index (χ1) is 11.8. The first-order valence-corrected chi connectivity index (χ1v) is 9.41. The Bertz CT molecular complexity index is 856.